The molecule has 2 aromatic rings. The minimum Gasteiger partial charge on any atom is -0.369 e. The smallest absolute Gasteiger partial charge is 0.319 e. The van der Waals surface area contributed by atoms with Crippen LogP contribution in [0.5, 0.6) is 0 Å². The standard InChI is InChI=1S/C17H16Cl2FN3O/c18-11-4-5-13(19)15(10-11)22-17(24)21-7-9-23-8-6-12-14(20)2-1-3-16(12)23/h1-5,10H,6-9H2,(H2,21,22,24). The normalized spacial score (nSPS) is 12.9. The van der Waals surface area contributed by atoms with Crippen molar-refractivity contribution in [1.29, 1.82) is 0 Å². The van der Waals surface area contributed by atoms with Gasteiger partial charge in [-0.3, -0.25) is 0 Å². The number of carbonyl (C=O) groups is 1. The third kappa shape index (κ3) is 3.74. The number of amides is 2. The summed E-state index contributed by atoms with van der Waals surface area (Å²) in [5.74, 6) is -0.170. The Labute approximate surface area is 149 Å². The number of benzene rings is 2. The molecule has 4 nitrogen and oxygen atoms in total. The van der Waals surface area contributed by atoms with Crippen LogP contribution in [0.3, 0.4) is 0 Å². The Morgan fingerprint density at radius 2 is 2.08 bits per heavy atom. The van der Waals surface area contributed by atoms with Gasteiger partial charge in [-0.25, -0.2) is 9.18 Å². The Bertz CT molecular complexity index is 769. The maximum absolute atomic E-state index is 13.7. The third-order valence-electron chi connectivity index (χ3n) is 3.91. The molecule has 0 saturated carbocycles. The highest BCUT2D eigenvalue weighted by molar-refractivity contribution is 6.35. The van der Waals surface area contributed by atoms with Crippen molar-refractivity contribution < 1.29 is 9.18 Å². The van der Waals surface area contributed by atoms with Crippen LogP contribution in [-0.4, -0.2) is 25.7 Å². The van der Waals surface area contributed by atoms with E-state index in [0.717, 1.165) is 17.8 Å². The van der Waals surface area contributed by atoms with Crippen molar-refractivity contribution in [3.05, 3.63) is 57.8 Å². The summed E-state index contributed by atoms with van der Waals surface area (Å²) in [4.78, 5) is 14.0. The molecule has 2 N–H and O–H groups in total. The lowest BCUT2D eigenvalue weighted by Gasteiger charge is -2.19. The van der Waals surface area contributed by atoms with E-state index in [1.807, 2.05) is 6.07 Å². The van der Waals surface area contributed by atoms with E-state index in [0.29, 0.717) is 35.2 Å². The van der Waals surface area contributed by atoms with Crippen molar-refractivity contribution in [2.45, 2.75) is 6.42 Å². The topological polar surface area (TPSA) is 44.4 Å². The zero-order valence-corrected chi connectivity index (χ0v) is 14.3. The van der Waals surface area contributed by atoms with Crippen LogP contribution in [0.1, 0.15) is 5.56 Å². The molecule has 1 aliphatic heterocycles. The summed E-state index contributed by atoms with van der Waals surface area (Å²) in [5, 5.41) is 6.33. The maximum Gasteiger partial charge on any atom is 0.319 e. The number of urea groups is 1. The average Bonchev–Trinajstić information content (AvgIpc) is 2.96. The van der Waals surface area contributed by atoms with E-state index >= 15 is 0 Å². The lowest BCUT2D eigenvalue weighted by atomic mass is 10.1. The Hall–Kier alpha value is -1.98. The van der Waals surface area contributed by atoms with E-state index in [2.05, 4.69) is 15.5 Å². The second-order valence-corrected chi connectivity index (χ2v) is 6.32. The molecule has 0 saturated heterocycles. The molecule has 0 bridgehead atoms. The van der Waals surface area contributed by atoms with E-state index in [1.54, 1.807) is 24.3 Å². The number of nitrogens with zero attached hydrogens (tertiary/aromatic N) is 1. The van der Waals surface area contributed by atoms with Crippen LogP contribution in [0.2, 0.25) is 10.0 Å². The average molecular weight is 368 g/mol. The first kappa shape index (κ1) is 16.9. The first-order valence-corrected chi connectivity index (χ1v) is 8.32. The van der Waals surface area contributed by atoms with Crippen LogP contribution in [0.4, 0.5) is 20.6 Å². The zero-order valence-electron chi connectivity index (χ0n) is 12.8. The van der Waals surface area contributed by atoms with Crippen LogP contribution in [0, 0.1) is 5.82 Å². The molecule has 1 heterocycles. The number of nitrogens with one attached hydrogen (secondary N) is 2. The SMILES string of the molecule is O=C(NCCN1CCc2c(F)cccc21)Nc1cc(Cl)ccc1Cl. The van der Waals surface area contributed by atoms with Gasteiger partial charge in [0.05, 0.1) is 10.7 Å². The number of anilines is 2. The third-order valence-corrected chi connectivity index (χ3v) is 4.48. The van der Waals surface area contributed by atoms with Crippen molar-refractivity contribution in [3.63, 3.8) is 0 Å². The lowest BCUT2D eigenvalue weighted by molar-refractivity contribution is 0.252. The lowest BCUT2D eigenvalue weighted by Crippen LogP contribution is -2.36. The summed E-state index contributed by atoms with van der Waals surface area (Å²) >= 11 is 11.9. The minimum absolute atomic E-state index is 0.170. The molecule has 3 rings (SSSR count). The Morgan fingerprint density at radius 1 is 1.25 bits per heavy atom. The van der Waals surface area contributed by atoms with Crippen LogP contribution >= 0.6 is 23.2 Å². The zero-order chi connectivity index (χ0) is 17.1. The fourth-order valence-corrected chi connectivity index (χ4v) is 3.09. The van der Waals surface area contributed by atoms with Crippen LogP contribution < -0.4 is 15.5 Å². The van der Waals surface area contributed by atoms with Crippen molar-refractivity contribution >= 4 is 40.6 Å². The Kier molecular flexibility index (Phi) is 5.11. The first-order valence-electron chi connectivity index (χ1n) is 7.57. The molecule has 0 aliphatic carbocycles. The minimum atomic E-state index is -0.363. The van der Waals surface area contributed by atoms with Gasteiger partial charge in [-0.15, -0.1) is 0 Å². The van der Waals surface area contributed by atoms with Crippen LogP contribution in [0.25, 0.3) is 0 Å². The molecule has 0 atom stereocenters. The van der Waals surface area contributed by atoms with E-state index in [9.17, 15) is 9.18 Å². The predicted molar refractivity (Wildman–Crippen MR) is 95.8 cm³/mol. The van der Waals surface area contributed by atoms with E-state index in [-0.39, 0.29) is 11.8 Å². The largest absolute Gasteiger partial charge is 0.369 e. The van der Waals surface area contributed by atoms with E-state index in [4.69, 9.17) is 23.2 Å². The van der Waals surface area contributed by atoms with Gasteiger partial charge < -0.3 is 15.5 Å². The van der Waals surface area contributed by atoms with Gasteiger partial charge in [-0.1, -0.05) is 29.3 Å². The van der Waals surface area contributed by atoms with Crippen LogP contribution in [0.15, 0.2) is 36.4 Å². The molecule has 1 aliphatic rings. The predicted octanol–water partition coefficient (Wildman–Crippen LogP) is 4.32. The molecule has 0 fully saturated rings. The number of fused-ring (bicyclic) bond motifs is 1. The van der Waals surface area contributed by atoms with Gasteiger partial charge in [0.2, 0.25) is 0 Å². The van der Waals surface area contributed by atoms with Gasteiger partial charge in [-0.05, 0) is 36.8 Å². The molecule has 2 amide bonds. The molecule has 0 radical (unpaired) electrons. The second kappa shape index (κ2) is 7.28. The summed E-state index contributed by atoms with van der Waals surface area (Å²) in [6, 6.07) is 9.57. The van der Waals surface area contributed by atoms with E-state index in [1.165, 1.54) is 6.07 Å². The fraction of sp³-hybridized carbons (Fsp3) is 0.235. The molecule has 7 heteroatoms. The summed E-state index contributed by atoms with van der Waals surface area (Å²) < 4.78 is 13.7. The molecule has 0 spiro atoms. The van der Waals surface area contributed by atoms with E-state index < -0.39 is 0 Å². The molecule has 0 aromatic heterocycles. The van der Waals surface area contributed by atoms with Gasteiger partial charge in [-0.2, -0.15) is 0 Å². The highest BCUT2D eigenvalue weighted by Crippen LogP contribution is 2.29. The maximum atomic E-state index is 13.7. The summed E-state index contributed by atoms with van der Waals surface area (Å²) in [6.07, 6.45) is 0.687. The molecular weight excluding hydrogens is 352 g/mol. The summed E-state index contributed by atoms with van der Waals surface area (Å²) in [5.41, 5.74) is 2.10. The van der Waals surface area contributed by atoms with Crippen molar-refractivity contribution in [2.24, 2.45) is 0 Å². The molecule has 126 valence electrons. The molecule has 24 heavy (non-hydrogen) atoms. The number of hydrogen-bond acceptors (Lipinski definition) is 2. The van der Waals surface area contributed by atoms with Crippen LogP contribution in [-0.2, 0) is 6.42 Å². The number of hydrogen-bond donors (Lipinski definition) is 2. The highest BCUT2D eigenvalue weighted by Gasteiger charge is 2.21. The Morgan fingerprint density at radius 3 is 2.92 bits per heavy atom. The highest BCUT2D eigenvalue weighted by atomic mass is 35.5. The number of halogens is 3. The molecular formula is C17H16Cl2FN3O. The van der Waals surface area contributed by atoms with Gasteiger partial charge in [0.25, 0.3) is 0 Å². The first-order chi connectivity index (χ1) is 11.5. The monoisotopic (exact) mass is 367 g/mol. The quantitative estimate of drug-likeness (QED) is 0.845. The van der Waals surface area contributed by atoms with Gasteiger partial charge in [0.15, 0.2) is 0 Å². The van der Waals surface area contributed by atoms with Crippen molar-refractivity contribution in [1.82, 2.24) is 5.32 Å². The van der Waals surface area contributed by atoms with Gasteiger partial charge >= 0.3 is 6.03 Å². The van der Waals surface area contributed by atoms with Crippen molar-refractivity contribution in [3.8, 4) is 0 Å². The Balaban J connectivity index is 1.52. The van der Waals surface area contributed by atoms with Gasteiger partial charge in [0, 0.05) is 35.9 Å². The fourth-order valence-electron chi connectivity index (χ4n) is 2.75. The van der Waals surface area contributed by atoms with Gasteiger partial charge in [0.1, 0.15) is 5.82 Å². The molecule has 2 aromatic carbocycles. The summed E-state index contributed by atoms with van der Waals surface area (Å²) in [7, 11) is 0. The second-order valence-electron chi connectivity index (χ2n) is 5.48. The van der Waals surface area contributed by atoms with Crippen molar-refractivity contribution in [2.75, 3.05) is 29.9 Å². The summed E-state index contributed by atoms with van der Waals surface area (Å²) in [6.45, 7) is 1.78. The molecule has 0 unspecified atom stereocenters. The number of rotatable bonds is 4. The number of carbonyl (C=O) groups excluding carboxylic acids is 1.